The van der Waals surface area contributed by atoms with E-state index in [1.165, 1.54) is 11.1 Å². The molecule has 1 amide bonds. The Morgan fingerprint density at radius 3 is 2.48 bits per heavy atom. The monoisotopic (exact) mass is 312 g/mol. The van der Waals surface area contributed by atoms with Gasteiger partial charge in [0, 0.05) is 13.7 Å². The summed E-state index contributed by atoms with van der Waals surface area (Å²) in [4.78, 5) is 12.5. The Kier molecular flexibility index (Phi) is 7.15. The van der Waals surface area contributed by atoms with Crippen molar-refractivity contribution in [3.63, 3.8) is 0 Å². The summed E-state index contributed by atoms with van der Waals surface area (Å²) >= 11 is 0. The zero-order valence-corrected chi connectivity index (χ0v) is 13.6. The number of hydrogen-bond acceptors (Lipinski definition) is 3. The van der Waals surface area contributed by atoms with Gasteiger partial charge in [-0.2, -0.15) is 0 Å². The second kappa shape index (κ2) is 8.37. The van der Waals surface area contributed by atoms with Crippen molar-refractivity contribution < 1.29 is 9.53 Å². The van der Waals surface area contributed by atoms with Crippen LogP contribution in [0.3, 0.4) is 0 Å². The molecule has 2 rings (SSSR count). The van der Waals surface area contributed by atoms with E-state index >= 15 is 0 Å². The van der Waals surface area contributed by atoms with Crippen LogP contribution in [0.1, 0.15) is 30.9 Å². The molecular formula is C16H25ClN2O2. The van der Waals surface area contributed by atoms with Crippen LogP contribution < -0.4 is 10.6 Å². The van der Waals surface area contributed by atoms with E-state index in [4.69, 9.17) is 4.74 Å². The predicted molar refractivity (Wildman–Crippen MR) is 86.8 cm³/mol. The van der Waals surface area contributed by atoms with Crippen molar-refractivity contribution in [2.24, 2.45) is 0 Å². The summed E-state index contributed by atoms with van der Waals surface area (Å²) in [5.41, 5.74) is 1.81. The third kappa shape index (κ3) is 4.19. The van der Waals surface area contributed by atoms with E-state index in [1.54, 1.807) is 7.11 Å². The summed E-state index contributed by atoms with van der Waals surface area (Å²) in [6, 6.07) is 8.23. The van der Waals surface area contributed by atoms with Crippen molar-refractivity contribution in [2.75, 3.05) is 20.2 Å². The van der Waals surface area contributed by atoms with Crippen LogP contribution in [0, 0.1) is 0 Å². The molecule has 0 spiro atoms. The third-order valence-corrected chi connectivity index (χ3v) is 4.15. The van der Waals surface area contributed by atoms with Crippen LogP contribution in [-0.4, -0.2) is 31.7 Å². The molecule has 1 aliphatic rings. The number of aryl methyl sites for hydroxylation is 1. The summed E-state index contributed by atoms with van der Waals surface area (Å²) < 4.78 is 5.53. The molecule has 1 aromatic rings. The quantitative estimate of drug-likeness (QED) is 0.875. The van der Waals surface area contributed by atoms with Crippen LogP contribution >= 0.6 is 12.4 Å². The number of rotatable bonds is 5. The number of methoxy groups -OCH3 is 1. The van der Waals surface area contributed by atoms with Gasteiger partial charge < -0.3 is 15.4 Å². The SMILES string of the molecule is CCc1ccccc1CNC(=O)C1(OC)CCNCC1.Cl. The highest BCUT2D eigenvalue weighted by Gasteiger charge is 2.39. The van der Waals surface area contributed by atoms with Crippen LogP contribution in [0.2, 0.25) is 0 Å². The number of nitrogens with one attached hydrogen (secondary N) is 2. The Hall–Kier alpha value is -1.10. The topological polar surface area (TPSA) is 50.4 Å². The standard InChI is InChI=1S/C16H24N2O2.ClH/c1-3-13-6-4-5-7-14(13)12-18-15(19)16(20-2)8-10-17-11-9-16;/h4-7,17H,3,8-12H2,1-2H3,(H,18,19);1H. The number of amides is 1. The molecule has 2 N–H and O–H groups in total. The fraction of sp³-hybridized carbons (Fsp3) is 0.562. The minimum Gasteiger partial charge on any atom is -0.368 e. The molecule has 0 radical (unpaired) electrons. The average Bonchev–Trinajstić information content (AvgIpc) is 2.53. The molecular weight excluding hydrogens is 288 g/mol. The van der Waals surface area contributed by atoms with Gasteiger partial charge in [0.25, 0.3) is 5.91 Å². The molecule has 0 unspecified atom stereocenters. The first-order valence-corrected chi connectivity index (χ1v) is 7.33. The summed E-state index contributed by atoms with van der Waals surface area (Å²) in [5, 5.41) is 6.30. The first-order valence-electron chi connectivity index (χ1n) is 7.33. The maximum absolute atomic E-state index is 12.5. The average molecular weight is 313 g/mol. The van der Waals surface area contributed by atoms with Crippen LogP contribution in [0.4, 0.5) is 0 Å². The minimum atomic E-state index is -0.660. The van der Waals surface area contributed by atoms with Crippen molar-refractivity contribution in [2.45, 2.75) is 38.3 Å². The van der Waals surface area contributed by atoms with E-state index in [0.717, 1.165) is 32.4 Å². The molecule has 118 valence electrons. The lowest BCUT2D eigenvalue weighted by Crippen LogP contribution is -2.53. The number of benzene rings is 1. The van der Waals surface area contributed by atoms with Crippen LogP contribution in [-0.2, 0) is 22.5 Å². The second-order valence-corrected chi connectivity index (χ2v) is 5.25. The molecule has 0 bridgehead atoms. The van der Waals surface area contributed by atoms with E-state index in [0.29, 0.717) is 6.54 Å². The fourth-order valence-electron chi connectivity index (χ4n) is 2.77. The van der Waals surface area contributed by atoms with Gasteiger partial charge in [0.05, 0.1) is 0 Å². The molecule has 1 aliphatic heterocycles. The summed E-state index contributed by atoms with van der Waals surface area (Å²) in [5.74, 6) is 0.00686. The molecule has 4 nitrogen and oxygen atoms in total. The molecule has 1 aromatic carbocycles. The van der Waals surface area contributed by atoms with Gasteiger partial charge in [-0.1, -0.05) is 31.2 Å². The van der Waals surface area contributed by atoms with Crippen molar-refractivity contribution in [3.05, 3.63) is 35.4 Å². The van der Waals surface area contributed by atoms with E-state index in [-0.39, 0.29) is 18.3 Å². The van der Waals surface area contributed by atoms with Crippen LogP contribution in [0.15, 0.2) is 24.3 Å². The molecule has 1 saturated heterocycles. The molecule has 0 saturated carbocycles. The first kappa shape index (κ1) is 18.0. The van der Waals surface area contributed by atoms with Crippen LogP contribution in [0.5, 0.6) is 0 Å². The van der Waals surface area contributed by atoms with Gasteiger partial charge in [0.15, 0.2) is 0 Å². The Balaban J connectivity index is 0.00000220. The van der Waals surface area contributed by atoms with E-state index < -0.39 is 5.60 Å². The third-order valence-electron chi connectivity index (χ3n) is 4.15. The number of carbonyl (C=O) groups excluding carboxylic acids is 1. The minimum absolute atomic E-state index is 0. The number of piperidine rings is 1. The Morgan fingerprint density at radius 2 is 1.90 bits per heavy atom. The first-order chi connectivity index (χ1) is 9.72. The lowest BCUT2D eigenvalue weighted by atomic mass is 9.91. The predicted octanol–water partition coefficient (Wildman–Crippen LogP) is 2.06. The van der Waals surface area contributed by atoms with E-state index in [2.05, 4.69) is 29.7 Å². The van der Waals surface area contributed by atoms with Crippen molar-refractivity contribution >= 4 is 18.3 Å². The molecule has 1 heterocycles. The van der Waals surface area contributed by atoms with E-state index in [1.807, 2.05) is 12.1 Å². The van der Waals surface area contributed by atoms with E-state index in [9.17, 15) is 4.79 Å². The maximum Gasteiger partial charge on any atom is 0.252 e. The van der Waals surface area contributed by atoms with Gasteiger partial charge in [-0.3, -0.25) is 4.79 Å². The number of halogens is 1. The molecule has 1 fully saturated rings. The summed E-state index contributed by atoms with van der Waals surface area (Å²) in [6.07, 6.45) is 2.43. The lowest BCUT2D eigenvalue weighted by molar-refractivity contribution is -0.146. The molecule has 5 heteroatoms. The highest BCUT2D eigenvalue weighted by atomic mass is 35.5. The Morgan fingerprint density at radius 1 is 1.29 bits per heavy atom. The van der Waals surface area contributed by atoms with Crippen molar-refractivity contribution in [3.8, 4) is 0 Å². The van der Waals surface area contributed by atoms with Crippen molar-refractivity contribution in [1.29, 1.82) is 0 Å². The highest BCUT2D eigenvalue weighted by Crippen LogP contribution is 2.22. The zero-order valence-electron chi connectivity index (χ0n) is 12.8. The van der Waals surface area contributed by atoms with Gasteiger partial charge in [-0.25, -0.2) is 0 Å². The van der Waals surface area contributed by atoms with Gasteiger partial charge in [0.2, 0.25) is 0 Å². The number of hydrogen-bond donors (Lipinski definition) is 2. The van der Waals surface area contributed by atoms with Crippen molar-refractivity contribution in [1.82, 2.24) is 10.6 Å². The smallest absolute Gasteiger partial charge is 0.252 e. The van der Waals surface area contributed by atoms with Gasteiger partial charge >= 0.3 is 0 Å². The summed E-state index contributed by atoms with van der Waals surface area (Å²) in [6.45, 7) is 4.35. The van der Waals surface area contributed by atoms with Gasteiger partial charge in [-0.15, -0.1) is 12.4 Å². The molecule has 21 heavy (non-hydrogen) atoms. The lowest BCUT2D eigenvalue weighted by Gasteiger charge is -2.34. The largest absolute Gasteiger partial charge is 0.368 e. The summed E-state index contributed by atoms with van der Waals surface area (Å²) in [7, 11) is 1.63. The van der Waals surface area contributed by atoms with Gasteiger partial charge in [0.1, 0.15) is 5.60 Å². The molecule has 0 aromatic heterocycles. The van der Waals surface area contributed by atoms with Gasteiger partial charge in [-0.05, 0) is 43.5 Å². The maximum atomic E-state index is 12.5. The number of ether oxygens (including phenoxy) is 1. The number of carbonyl (C=O) groups is 1. The second-order valence-electron chi connectivity index (χ2n) is 5.25. The normalized spacial score (nSPS) is 16.9. The Bertz CT molecular complexity index is 459. The molecule has 0 aliphatic carbocycles. The van der Waals surface area contributed by atoms with Crippen LogP contribution in [0.25, 0.3) is 0 Å². The highest BCUT2D eigenvalue weighted by molar-refractivity contribution is 5.85. The fourth-order valence-corrected chi connectivity index (χ4v) is 2.77. The zero-order chi connectivity index (χ0) is 14.4. The molecule has 0 atom stereocenters. The Labute approximate surface area is 133 Å².